The number of aryl methyl sites for hydroxylation is 1. The number of benzene rings is 1. The minimum atomic E-state index is -0.366. The maximum atomic E-state index is 13.1. The quantitative estimate of drug-likeness (QED) is 0.797. The number of nitrogens with one attached hydrogen (secondary N) is 1. The Hall–Kier alpha value is -2.17. The van der Waals surface area contributed by atoms with E-state index in [2.05, 4.69) is 17.2 Å². The number of halogens is 1. The first-order valence-corrected chi connectivity index (χ1v) is 7.64. The average molecular weight is 303 g/mol. The molecular formula is C17H22FN3O. The molecule has 1 heterocycles. The van der Waals surface area contributed by atoms with E-state index in [1.165, 1.54) is 12.1 Å². The van der Waals surface area contributed by atoms with Crippen LogP contribution in [0.15, 0.2) is 36.7 Å². The van der Waals surface area contributed by atoms with Crippen molar-refractivity contribution in [2.24, 2.45) is 7.05 Å². The molecule has 0 saturated heterocycles. The number of carbonyl (C=O) groups is 1. The van der Waals surface area contributed by atoms with Crippen molar-refractivity contribution >= 4 is 5.91 Å². The Morgan fingerprint density at radius 1 is 1.32 bits per heavy atom. The minimum absolute atomic E-state index is 0.00854. The van der Waals surface area contributed by atoms with Gasteiger partial charge in [0.2, 0.25) is 5.91 Å². The summed E-state index contributed by atoms with van der Waals surface area (Å²) in [5.41, 5.74) is 0.819. The van der Waals surface area contributed by atoms with Gasteiger partial charge in [-0.2, -0.15) is 0 Å². The highest BCUT2D eigenvalue weighted by molar-refractivity contribution is 5.76. The normalized spacial score (nSPS) is 12.1. The van der Waals surface area contributed by atoms with Crippen molar-refractivity contribution in [3.8, 4) is 0 Å². The van der Waals surface area contributed by atoms with E-state index in [1.807, 2.05) is 17.8 Å². The van der Waals surface area contributed by atoms with Crippen LogP contribution in [0.3, 0.4) is 0 Å². The number of imidazole rings is 1. The standard InChI is InChI=1S/C17H22FN3O/c1-3-4-5-6-15(22)20-16(17-19-11-12-21(17)2)13-7-9-14(18)10-8-13/h7-12,16H,3-6H2,1-2H3,(H,20,22)/t16-/m1/s1. The zero-order valence-electron chi connectivity index (χ0n) is 13.1. The molecule has 0 radical (unpaired) electrons. The van der Waals surface area contributed by atoms with E-state index in [-0.39, 0.29) is 17.8 Å². The van der Waals surface area contributed by atoms with E-state index in [0.717, 1.165) is 30.7 Å². The van der Waals surface area contributed by atoms with Crippen LogP contribution < -0.4 is 5.32 Å². The molecule has 22 heavy (non-hydrogen) atoms. The van der Waals surface area contributed by atoms with Gasteiger partial charge in [-0.1, -0.05) is 31.9 Å². The second-order valence-corrected chi connectivity index (χ2v) is 5.41. The van der Waals surface area contributed by atoms with Gasteiger partial charge < -0.3 is 9.88 Å². The van der Waals surface area contributed by atoms with E-state index in [1.54, 1.807) is 18.3 Å². The van der Waals surface area contributed by atoms with Gasteiger partial charge in [-0.3, -0.25) is 4.79 Å². The molecule has 1 aromatic heterocycles. The fraction of sp³-hybridized carbons (Fsp3) is 0.412. The van der Waals surface area contributed by atoms with E-state index < -0.39 is 0 Å². The van der Waals surface area contributed by atoms with Gasteiger partial charge in [0.25, 0.3) is 0 Å². The smallest absolute Gasteiger partial charge is 0.220 e. The van der Waals surface area contributed by atoms with Gasteiger partial charge >= 0.3 is 0 Å². The van der Waals surface area contributed by atoms with Gasteiger partial charge in [0.15, 0.2) is 0 Å². The van der Waals surface area contributed by atoms with Crippen LogP contribution in [0.5, 0.6) is 0 Å². The largest absolute Gasteiger partial charge is 0.342 e. The summed E-state index contributed by atoms with van der Waals surface area (Å²) in [4.78, 5) is 16.5. The molecule has 118 valence electrons. The molecule has 2 rings (SSSR count). The third kappa shape index (κ3) is 4.16. The Morgan fingerprint density at radius 3 is 2.64 bits per heavy atom. The van der Waals surface area contributed by atoms with E-state index in [0.29, 0.717) is 6.42 Å². The van der Waals surface area contributed by atoms with Crippen molar-refractivity contribution < 1.29 is 9.18 Å². The lowest BCUT2D eigenvalue weighted by molar-refractivity contribution is -0.121. The van der Waals surface area contributed by atoms with Crippen LogP contribution in [0.1, 0.15) is 50.0 Å². The third-order valence-electron chi connectivity index (χ3n) is 3.63. The molecule has 1 aromatic carbocycles. The van der Waals surface area contributed by atoms with E-state index in [4.69, 9.17) is 0 Å². The maximum Gasteiger partial charge on any atom is 0.220 e. The number of amides is 1. The van der Waals surface area contributed by atoms with Crippen LogP contribution in [-0.4, -0.2) is 15.5 Å². The first kappa shape index (κ1) is 16.2. The highest BCUT2D eigenvalue weighted by Gasteiger charge is 2.20. The summed E-state index contributed by atoms with van der Waals surface area (Å²) >= 11 is 0. The van der Waals surface area contributed by atoms with Crippen molar-refractivity contribution in [3.05, 3.63) is 53.9 Å². The van der Waals surface area contributed by atoms with Crippen LogP contribution in [0, 0.1) is 5.82 Å². The SMILES string of the molecule is CCCCCC(=O)N[C@H](c1ccc(F)cc1)c1nccn1C. The van der Waals surface area contributed by atoms with Crippen molar-refractivity contribution in [1.82, 2.24) is 14.9 Å². The van der Waals surface area contributed by atoms with Crippen LogP contribution in [-0.2, 0) is 11.8 Å². The second kappa shape index (κ2) is 7.73. The number of rotatable bonds is 7. The van der Waals surface area contributed by atoms with Crippen LogP contribution >= 0.6 is 0 Å². The number of carbonyl (C=O) groups excluding carboxylic acids is 1. The molecule has 5 heteroatoms. The van der Waals surface area contributed by atoms with Crippen molar-refractivity contribution in [2.75, 3.05) is 0 Å². The van der Waals surface area contributed by atoms with Crippen molar-refractivity contribution in [3.63, 3.8) is 0 Å². The van der Waals surface area contributed by atoms with Gasteiger partial charge in [0.05, 0.1) is 0 Å². The zero-order chi connectivity index (χ0) is 15.9. The van der Waals surface area contributed by atoms with E-state index >= 15 is 0 Å². The number of hydrogen-bond acceptors (Lipinski definition) is 2. The highest BCUT2D eigenvalue weighted by Crippen LogP contribution is 2.21. The first-order valence-electron chi connectivity index (χ1n) is 7.64. The highest BCUT2D eigenvalue weighted by atomic mass is 19.1. The summed E-state index contributed by atoms with van der Waals surface area (Å²) in [6.45, 7) is 2.10. The minimum Gasteiger partial charge on any atom is -0.342 e. The summed E-state index contributed by atoms with van der Waals surface area (Å²) in [7, 11) is 1.88. The third-order valence-corrected chi connectivity index (χ3v) is 3.63. The summed E-state index contributed by atoms with van der Waals surface area (Å²) in [5.74, 6) is 0.429. The molecule has 0 aliphatic carbocycles. The Balaban J connectivity index is 2.17. The molecular weight excluding hydrogens is 281 g/mol. The Bertz CT molecular complexity index is 607. The lowest BCUT2D eigenvalue weighted by Crippen LogP contribution is -2.30. The molecule has 0 unspecified atom stereocenters. The molecule has 0 spiro atoms. The zero-order valence-corrected chi connectivity index (χ0v) is 13.1. The van der Waals surface area contributed by atoms with Crippen LogP contribution in [0.4, 0.5) is 4.39 Å². The number of aromatic nitrogens is 2. The van der Waals surface area contributed by atoms with Crippen LogP contribution in [0.2, 0.25) is 0 Å². The lowest BCUT2D eigenvalue weighted by atomic mass is 10.1. The first-order chi connectivity index (χ1) is 10.6. The molecule has 0 aliphatic rings. The Kier molecular flexibility index (Phi) is 5.69. The van der Waals surface area contributed by atoms with Crippen molar-refractivity contribution in [2.45, 2.75) is 38.6 Å². The Labute approximate surface area is 130 Å². The molecule has 4 nitrogen and oxygen atoms in total. The molecule has 0 bridgehead atoms. The summed E-state index contributed by atoms with van der Waals surface area (Å²) in [6, 6.07) is 5.79. The number of unbranched alkanes of at least 4 members (excludes halogenated alkanes) is 2. The summed E-state index contributed by atoms with van der Waals surface area (Å²) in [6.07, 6.45) is 7.00. The molecule has 2 aromatic rings. The number of nitrogens with zero attached hydrogens (tertiary/aromatic N) is 2. The van der Waals surface area contributed by atoms with Gasteiger partial charge in [-0.15, -0.1) is 0 Å². The molecule has 1 atom stereocenters. The molecule has 0 saturated carbocycles. The second-order valence-electron chi connectivity index (χ2n) is 5.41. The maximum absolute atomic E-state index is 13.1. The molecule has 0 fully saturated rings. The molecule has 0 aliphatic heterocycles. The van der Waals surface area contributed by atoms with Crippen molar-refractivity contribution in [1.29, 1.82) is 0 Å². The predicted molar refractivity (Wildman–Crippen MR) is 83.7 cm³/mol. The average Bonchev–Trinajstić information content (AvgIpc) is 2.92. The summed E-state index contributed by atoms with van der Waals surface area (Å²) < 4.78 is 15.0. The van der Waals surface area contributed by atoms with Crippen LogP contribution in [0.25, 0.3) is 0 Å². The fourth-order valence-corrected chi connectivity index (χ4v) is 2.38. The number of hydrogen-bond donors (Lipinski definition) is 1. The monoisotopic (exact) mass is 303 g/mol. The van der Waals surface area contributed by atoms with Gasteiger partial charge in [0, 0.05) is 25.9 Å². The predicted octanol–water partition coefficient (Wildman–Crippen LogP) is 3.35. The fourth-order valence-electron chi connectivity index (χ4n) is 2.38. The topological polar surface area (TPSA) is 46.9 Å². The molecule has 1 amide bonds. The summed E-state index contributed by atoms with van der Waals surface area (Å²) in [5, 5.41) is 3.01. The van der Waals surface area contributed by atoms with Gasteiger partial charge in [-0.05, 0) is 24.1 Å². The molecule has 1 N–H and O–H groups in total. The van der Waals surface area contributed by atoms with E-state index in [9.17, 15) is 9.18 Å². The Morgan fingerprint density at radius 2 is 2.05 bits per heavy atom. The van der Waals surface area contributed by atoms with Gasteiger partial charge in [0.1, 0.15) is 17.7 Å². The van der Waals surface area contributed by atoms with Gasteiger partial charge in [-0.25, -0.2) is 9.37 Å². The lowest BCUT2D eigenvalue weighted by Gasteiger charge is -2.19.